The zero-order chi connectivity index (χ0) is 14.9. The number of hydrogen-bond donors (Lipinski definition) is 0. The zero-order valence-electron chi connectivity index (χ0n) is 11.9. The van der Waals surface area contributed by atoms with E-state index in [-0.39, 0.29) is 0 Å². The maximum absolute atomic E-state index is 12.0. The molecule has 1 aliphatic rings. The number of piperidine rings is 1. The minimum atomic E-state index is -3.21. The first-order valence-electron chi connectivity index (χ1n) is 6.99. The van der Waals surface area contributed by atoms with Gasteiger partial charge >= 0.3 is 0 Å². The first-order chi connectivity index (χ1) is 10.1. The Morgan fingerprint density at radius 3 is 2.86 bits per heavy atom. The minimum Gasteiger partial charge on any atom is -0.370 e. The molecule has 21 heavy (non-hydrogen) atoms. The van der Waals surface area contributed by atoms with E-state index < -0.39 is 9.84 Å². The molecule has 0 radical (unpaired) electrons. The maximum Gasteiger partial charge on any atom is 0.177 e. The Morgan fingerprint density at radius 1 is 1.33 bits per heavy atom. The average molecular weight is 322 g/mol. The Hall–Kier alpha value is -1.40. The minimum absolute atomic E-state index is 0.395. The maximum atomic E-state index is 12.0. The summed E-state index contributed by atoms with van der Waals surface area (Å²) in [6, 6.07) is 7.28. The van der Waals surface area contributed by atoms with Crippen LogP contribution in [0.2, 0.25) is 0 Å². The van der Waals surface area contributed by atoms with Crippen LogP contribution in [0.4, 0.5) is 5.69 Å². The summed E-state index contributed by atoms with van der Waals surface area (Å²) in [6.45, 7) is 1.73. The van der Waals surface area contributed by atoms with Crippen LogP contribution in [0.15, 0.2) is 40.7 Å². The van der Waals surface area contributed by atoms with E-state index in [1.807, 2.05) is 23.7 Å². The Balaban J connectivity index is 1.91. The van der Waals surface area contributed by atoms with Crippen LogP contribution in [0.3, 0.4) is 0 Å². The van der Waals surface area contributed by atoms with Crippen molar-refractivity contribution in [2.45, 2.75) is 23.7 Å². The zero-order valence-corrected chi connectivity index (χ0v) is 13.5. The second-order valence-electron chi connectivity index (χ2n) is 5.40. The van der Waals surface area contributed by atoms with E-state index in [2.05, 4.69) is 9.88 Å². The Kier molecular flexibility index (Phi) is 3.99. The first kappa shape index (κ1) is 14.5. The van der Waals surface area contributed by atoms with Gasteiger partial charge in [-0.25, -0.2) is 13.4 Å². The Labute approximate surface area is 129 Å². The molecule has 6 heteroatoms. The van der Waals surface area contributed by atoms with Crippen molar-refractivity contribution in [3.8, 4) is 0 Å². The van der Waals surface area contributed by atoms with Gasteiger partial charge in [-0.15, -0.1) is 11.3 Å². The van der Waals surface area contributed by atoms with Gasteiger partial charge in [0.2, 0.25) is 0 Å². The summed E-state index contributed by atoms with van der Waals surface area (Å²) < 4.78 is 23.9. The van der Waals surface area contributed by atoms with Gasteiger partial charge in [0.05, 0.1) is 15.6 Å². The lowest BCUT2D eigenvalue weighted by Gasteiger charge is -2.34. The van der Waals surface area contributed by atoms with Gasteiger partial charge in [-0.3, -0.25) is 0 Å². The smallest absolute Gasteiger partial charge is 0.177 e. The molecule has 2 heterocycles. The highest BCUT2D eigenvalue weighted by atomic mass is 32.2. The number of aromatic nitrogens is 1. The van der Waals surface area contributed by atoms with Crippen LogP contribution < -0.4 is 4.90 Å². The van der Waals surface area contributed by atoms with Crippen LogP contribution in [0.1, 0.15) is 23.8 Å². The molecule has 1 aliphatic heterocycles. The van der Waals surface area contributed by atoms with E-state index in [9.17, 15) is 8.42 Å². The third-order valence-corrected chi connectivity index (χ3v) is 5.91. The Morgan fingerprint density at radius 2 is 2.14 bits per heavy atom. The predicted octanol–water partition coefficient (Wildman–Crippen LogP) is 2.93. The lowest BCUT2D eigenvalue weighted by atomic mass is 9.98. The number of nitrogens with zero attached hydrogens (tertiary/aromatic N) is 2. The van der Waals surface area contributed by atoms with E-state index in [0.717, 1.165) is 36.6 Å². The molecule has 1 aromatic carbocycles. The predicted molar refractivity (Wildman–Crippen MR) is 85.9 cm³/mol. The van der Waals surface area contributed by atoms with Gasteiger partial charge < -0.3 is 4.90 Å². The normalized spacial score (nSPS) is 19.7. The second-order valence-corrected chi connectivity index (χ2v) is 8.31. The summed E-state index contributed by atoms with van der Waals surface area (Å²) in [6.07, 6.45) is 5.28. The van der Waals surface area contributed by atoms with E-state index in [4.69, 9.17) is 0 Å². The fourth-order valence-corrected chi connectivity index (χ4v) is 4.54. The van der Waals surface area contributed by atoms with Crippen LogP contribution in [0.25, 0.3) is 0 Å². The quantitative estimate of drug-likeness (QED) is 0.872. The number of sulfone groups is 1. The number of rotatable bonds is 3. The fraction of sp³-hybridized carbons (Fsp3) is 0.400. The molecule has 0 amide bonds. The van der Waals surface area contributed by atoms with Gasteiger partial charge in [0, 0.05) is 36.8 Å². The van der Waals surface area contributed by atoms with Crippen LogP contribution in [-0.4, -0.2) is 32.7 Å². The molecule has 0 bridgehead atoms. The standard InChI is InChI=1S/C15H18N2O2S2/c1-21(18,19)14-7-3-2-6-13(14)17-9-4-5-12(11-17)15-16-8-10-20-15/h2-3,6-8,10,12H,4-5,9,11H2,1H3/t12-/m1/s1. The van der Waals surface area contributed by atoms with E-state index in [1.165, 1.54) is 6.26 Å². The molecular formula is C15H18N2O2S2. The summed E-state index contributed by atoms with van der Waals surface area (Å²) in [4.78, 5) is 7.02. The summed E-state index contributed by atoms with van der Waals surface area (Å²) >= 11 is 1.68. The average Bonchev–Trinajstić information content (AvgIpc) is 3.01. The molecule has 1 atom stereocenters. The molecule has 1 aromatic heterocycles. The third-order valence-electron chi connectivity index (χ3n) is 3.83. The number of benzene rings is 1. The summed E-state index contributed by atoms with van der Waals surface area (Å²) in [5.41, 5.74) is 0.821. The van der Waals surface area contributed by atoms with Crippen LogP contribution in [0.5, 0.6) is 0 Å². The molecule has 0 aliphatic carbocycles. The van der Waals surface area contributed by atoms with Crippen molar-refractivity contribution in [3.05, 3.63) is 40.8 Å². The highest BCUT2D eigenvalue weighted by molar-refractivity contribution is 7.90. The Bertz CT molecular complexity index is 711. The molecule has 1 saturated heterocycles. The van der Waals surface area contributed by atoms with Crippen molar-refractivity contribution in [1.29, 1.82) is 0 Å². The highest BCUT2D eigenvalue weighted by Crippen LogP contribution is 2.33. The van der Waals surface area contributed by atoms with Gasteiger partial charge in [0.25, 0.3) is 0 Å². The van der Waals surface area contributed by atoms with E-state index >= 15 is 0 Å². The lowest BCUT2D eigenvalue weighted by Crippen LogP contribution is -2.35. The van der Waals surface area contributed by atoms with Gasteiger partial charge in [-0.2, -0.15) is 0 Å². The summed E-state index contributed by atoms with van der Waals surface area (Å²) in [5.74, 6) is 0.395. The molecule has 2 aromatic rings. The number of para-hydroxylation sites is 1. The topological polar surface area (TPSA) is 50.3 Å². The molecule has 0 unspecified atom stereocenters. The van der Waals surface area contributed by atoms with Crippen molar-refractivity contribution in [3.63, 3.8) is 0 Å². The molecule has 0 saturated carbocycles. The number of thiazole rings is 1. The first-order valence-corrected chi connectivity index (χ1v) is 9.76. The molecule has 0 spiro atoms. The molecule has 112 valence electrons. The van der Waals surface area contributed by atoms with Gasteiger partial charge in [0.15, 0.2) is 9.84 Å². The van der Waals surface area contributed by atoms with Crippen molar-refractivity contribution in [1.82, 2.24) is 4.98 Å². The van der Waals surface area contributed by atoms with Crippen LogP contribution in [0, 0.1) is 0 Å². The third kappa shape index (κ3) is 3.11. The monoisotopic (exact) mass is 322 g/mol. The van der Waals surface area contributed by atoms with Gasteiger partial charge in [-0.1, -0.05) is 12.1 Å². The molecule has 1 fully saturated rings. The van der Waals surface area contributed by atoms with Crippen molar-refractivity contribution >= 4 is 26.9 Å². The lowest BCUT2D eigenvalue weighted by molar-refractivity contribution is 0.506. The van der Waals surface area contributed by atoms with Gasteiger partial charge in [-0.05, 0) is 25.0 Å². The highest BCUT2D eigenvalue weighted by Gasteiger charge is 2.26. The van der Waals surface area contributed by atoms with Crippen molar-refractivity contribution < 1.29 is 8.42 Å². The largest absolute Gasteiger partial charge is 0.370 e. The van der Waals surface area contributed by atoms with Crippen LogP contribution in [-0.2, 0) is 9.84 Å². The van der Waals surface area contributed by atoms with Gasteiger partial charge in [0.1, 0.15) is 0 Å². The van der Waals surface area contributed by atoms with E-state index in [0.29, 0.717) is 10.8 Å². The van der Waals surface area contributed by atoms with Crippen molar-refractivity contribution in [2.24, 2.45) is 0 Å². The molecule has 4 nitrogen and oxygen atoms in total. The van der Waals surface area contributed by atoms with E-state index in [1.54, 1.807) is 23.5 Å². The molecular weight excluding hydrogens is 304 g/mol. The SMILES string of the molecule is CS(=O)(=O)c1ccccc1N1CCC[C@@H](c2nccs2)C1. The molecule has 0 N–H and O–H groups in total. The number of hydrogen-bond acceptors (Lipinski definition) is 5. The molecule has 3 rings (SSSR count). The summed E-state index contributed by atoms with van der Waals surface area (Å²) in [5, 5.41) is 3.15. The fourth-order valence-electron chi connectivity index (χ4n) is 2.87. The van der Waals surface area contributed by atoms with Crippen molar-refractivity contribution in [2.75, 3.05) is 24.2 Å². The second kappa shape index (κ2) is 5.77. The van der Waals surface area contributed by atoms with Crippen LogP contribution >= 0.6 is 11.3 Å². The summed E-state index contributed by atoms with van der Waals surface area (Å²) in [7, 11) is -3.21. The number of anilines is 1.